The lowest BCUT2D eigenvalue weighted by atomic mass is 9.78. The summed E-state index contributed by atoms with van der Waals surface area (Å²) < 4.78 is 0. The number of H-pyrrole nitrogens is 1. The van der Waals surface area contributed by atoms with Crippen molar-refractivity contribution in [2.75, 3.05) is 11.4 Å². The molecule has 4 aromatic rings. The molecule has 3 heterocycles. The van der Waals surface area contributed by atoms with Crippen molar-refractivity contribution < 1.29 is 9.59 Å². The Morgan fingerprint density at radius 3 is 2.33 bits per heavy atom. The van der Waals surface area contributed by atoms with Crippen molar-refractivity contribution in [1.29, 1.82) is 0 Å². The van der Waals surface area contributed by atoms with Gasteiger partial charge in [0.2, 0.25) is 0 Å². The molecule has 6 rings (SSSR count). The highest BCUT2D eigenvalue weighted by atomic mass is 16.2. The summed E-state index contributed by atoms with van der Waals surface area (Å²) in [6.45, 7) is 8.75. The monoisotopic (exact) mass is 477 g/mol. The van der Waals surface area contributed by atoms with Gasteiger partial charge in [0.05, 0.1) is 11.4 Å². The highest BCUT2D eigenvalue weighted by Crippen LogP contribution is 2.50. The molecule has 2 unspecified atom stereocenters. The molecule has 5 nitrogen and oxygen atoms in total. The SMILES string of the molecule is CCc1ccc(C2CN3C(=O)N(c4ccc(C(C)C)cc4)C(=O)C3(C)c3[nH]c4ccccc4c32)cc1. The fourth-order valence-corrected chi connectivity index (χ4v) is 5.91. The lowest BCUT2D eigenvalue weighted by Crippen LogP contribution is -2.50. The minimum atomic E-state index is -1.10. The van der Waals surface area contributed by atoms with Crippen molar-refractivity contribution in [3.63, 3.8) is 0 Å². The predicted octanol–water partition coefficient (Wildman–Crippen LogP) is 6.68. The van der Waals surface area contributed by atoms with Crippen molar-refractivity contribution >= 4 is 28.5 Å². The van der Waals surface area contributed by atoms with Gasteiger partial charge in [-0.15, -0.1) is 0 Å². The van der Waals surface area contributed by atoms with Crippen molar-refractivity contribution in [3.05, 3.63) is 101 Å². The van der Waals surface area contributed by atoms with Crippen LogP contribution in [0.4, 0.5) is 10.5 Å². The Kier molecular flexibility index (Phi) is 5.08. The van der Waals surface area contributed by atoms with E-state index in [1.54, 1.807) is 4.90 Å². The fourth-order valence-electron chi connectivity index (χ4n) is 5.91. The van der Waals surface area contributed by atoms with E-state index < -0.39 is 5.54 Å². The number of aromatic nitrogens is 1. The van der Waals surface area contributed by atoms with E-state index in [2.05, 4.69) is 56.1 Å². The number of amides is 3. The molecule has 0 bridgehead atoms. The van der Waals surface area contributed by atoms with Gasteiger partial charge in [0.15, 0.2) is 5.54 Å². The van der Waals surface area contributed by atoms with Crippen LogP contribution in [0.3, 0.4) is 0 Å². The van der Waals surface area contributed by atoms with Crippen LogP contribution in [0.5, 0.6) is 0 Å². The van der Waals surface area contributed by atoms with E-state index in [9.17, 15) is 9.59 Å². The summed E-state index contributed by atoms with van der Waals surface area (Å²) in [5, 5.41) is 1.11. The first-order valence-corrected chi connectivity index (χ1v) is 12.8. The highest BCUT2D eigenvalue weighted by Gasteiger charge is 2.60. The molecule has 0 saturated carbocycles. The molecule has 2 aliphatic rings. The highest BCUT2D eigenvalue weighted by molar-refractivity contribution is 6.23. The van der Waals surface area contributed by atoms with Crippen LogP contribution >= 0.6 is 0 Å². The van der Waals surface area contributed by atoms with Crippen LogP contribution < -0.4 is 4.90 Å². The molecular formula is C31H31N3O2. The molecule has 0 radical (unpaired) electrons. The van der Waals surface area contributed by atoms with Gasteiger partial charge in [0, 0.05) is 23.4 Å². The number of hydrogen-bond acceptors (Lipinski definition) is 2. The lowest BCUT2D eigenvalue weighted by molar-refractivity contribution is -0.125. The largest absolute Gasteiger partial charge is 0.356 e. The molecule has 2 atom stereocenters. The van der Waals surface area contributed by atoms with Gasteiger partial charge in [-0.25, -0.2) is 9.69 Å². The minimum Gasteiger partial charge on any atom is -0.356 e. The molecule has 3 amide bonds. The number of hydrogen-bond donors (Lipinski definition) is 1. The zero-order chi connectivity index (χ0) is 25.2. The molecule has 1 saturated heterocycles. The lowest BCUT2D eigenvalue weighted by Gasteiger charge is -2.40. The van der Waals surface area contributed by atoms with Gasteiger partial charge in [0.25, 0.3) is 5.91 Å². The second-order valence-electron chi connectivity index (χ2n) is 10.5. The predicted molar refractivity (Wildman–Crippen MR) is 143 cm³/mol. The van der Waals surface area contributed by atoms with Crippen LogP contribution in [0.25, 0.3) is 10.9 Å². The number of anilines is 1. The number of carbonyl (C=O) groups is 2. The van der Waals surface area contributed by atoms with Crippen molar-refractivity contribution in [2.24, 2.45) is 0 Å². The Bertz CT molecular complexity index is 1480. The second kappa shape index (κ2) is 8.09. The maximum atomic E-state index is 14.1. The smallest absolute Gasteiger partial charge is 0.332 e. The zero-order valence-corrected chi connectivity index (χ0v) is 21.2. The zero-order valence-electron chi connectivity index (χ0n) is 21.2. The number of carbonyl (C=O) groups excluding carboxylic acids is 2. The number of nitrogens with one attached hydrogen (secondary N) is 1. The summed E-state index contributed by atoms with van der Waals surface area (Å²) in [6, 6.07) is 24.4. The van der Waals surface area contributed by atoms with Gasteiger partial charge in [-0.05, 0) is 59.7 Å². The molecule has 1 aromatic heterocycles. The van der Waals surface area contributed by atoms with E-state index in [0.717, 1.165) is 34.1 Å². The number of nitrogens with zero attached hydrogens (tertiary/aromatic N) is 2. The Hall–Kier alpha value is -3.86. The van der Waals surface area contributed by atoms with Gasteiger partial charge in [-0.2, -0.15) is 0 Å². The van der Waals surface area contributed by atoms with Crippen LogP contribution in [0.1, 0.15) is 67.5 Å². The van der Waals surface area contributed by atoms with E-state index in [1.165, 1.54) is 16.0 Å². The fraction of sp³-hybridized carbons (Fsp3) is 0.290. The summed E-state index contributed by atoms with van der Waals surface area (Å²) in [7, 11) is 0. The minimum absolute atomic E-state index is 0.0323. The average Bonchev–Trinajstić information content (AvgIpc) is 3.38. The van der Waals surface area contributed by atoms with Crippen LogP contribution in [0, 0.1) is 0 Å². The number of rotatable bonds is 4. The van der Waals surface area contributed by atoms with Gasteiger partial charge in [-0.1, -0.05) is 75.4 Å². The van der Waals surface area contributed by atoms with E-state index >= 15 is 0 Å². The summed E-state index contributed by atoms with van der Waals surface area (Å²) >= 11 is 0. The topological polar surface area (TPSA) is 56.4 Å². The molecule has 1 fully saturated rings. The quantitative estimate of drug-likeness (QED) is 0.333. The Labute approximate surface area is 211 Å². The van der Waals surface area contributed by atoms with Crippen LogP contribution in [-0.2, 0) is 16.8 Å². The van der Waals surface area contributed by atoms with Crippen molar-refractivity contribution in [2.45, 2.75) is 51.5 Å². The second-order valence-corrected chi connectivity index (χ2v) is 10.5. The Morgan fingerprint density at radius 1 is 0.972 bits per heavy atom. The van der Waals surface area contributed by atoms with E-state index in [-0.39, 0.29) is 17.9 Å². The van der Waals surface area contributed by atoms with Crippen LogP contribution in [0.15, 0.2) is 72.8 Å². The molecule has 2 aliphatic heterocycles. The number of imide groups is 1. The third-order valence-corrected chi connectivity index (χ3v) is 8.14. The molecule has 182 valence electrons. The first kappa shape index (κ1) is 22.6. The summed E-state index contributed by atoms with van der Waals surface area (Å²) in [6.07, 6.45) is 0.977. The number of aryl methyl sites for hydroxylation is 1. The molecule has 5 heteroatoms. The summed E-state index contributed by atoms with van der Waals surface area (Å²) in [5.74, 6) is 0.133. The Balaban J connectivity index is 1.51. The molecule has 0 aliphatic carbocycles. The van der Waals surface area contributed by atoms with E-state index in [0.29, 0.717) is 18.2 Å². The molecule has 0 spiro atoms. The summed E-state index contributed by atoms with van der Waals surface area (Å²) in [5.41, 5.74) is 6.05. The number of aromatic amines is 1. The third kappa shape index (κ3) is 3.08. The van der Waals surface area contributed by atoms with Gasteiger partial charge < -0.3 is 9.88 Å². The maximum Gasteiger partial charge on any atom is 0.332 e. The third-order valence-electron chi connectivity index (χ3n) is 8.14. The summed E-state index contributed by atoms with van der Waals surface area (Å²) in [4.78, 5) is 34.7. The Morgan fingerprint density at radius 2 is 1.67 bits per heavy atom. The number of benzene rings is 3. The van der Waals surface area contributed by atoms with E-state index in [1.807, 2.05) is 49.4 Å². The molecule has 3 aromatic carbocycles. The van der Waals surface area contributed by atoms with E-state index in [4.69, 9.17) is 0 Å². The van der Waals surface area contributed by atoms with Gasteiger partial charge in [-0.3, -0.25) is 4.79 Å². The number of para-hydroxylation sites is 1. The first-order valence-electron chi connectivity index (χ1n) is 12.8. The van der Waals surface area contributed by atoms with Gasteiger partial charge >= 0.3 is 6.03 Å². The van der Waals surface area contributed by atoms with Gasteiger partial charge in [0.1, 0.15) is 0 Å². The van der Waals surface area contributed by atoms with Crippen LogP contribution in [-0.4, -0.2) is 28.4 Å². The average molecular weight is 478 g/mol. The first-order chi connectivity index (χ1) is 17.3. The molecule has 36 heavy (non-hydrogen) atoms. The van der Waals surface area contributed by atoms with Crippen molar-refractivity contribution in [3.8, 4) is 0 Å². The van der Waals surface area contributed by atoms with Crippen LogP contribution in [0.2, 0.25) is 0 Å². The number of fused-ring (bicyclic) bond motifs is 5. The number of urea groups is 1. The molecular weight excluding hydrogens is 446 g/mol. The maximum absolute atomic E-state index is 14.1. The standard InChI is InChI=1S/C31H31N3O2/c1-5-20-10-12-22(13-11-20)25-18-33-30(36)34(23-16-14-21(15-17-23)19(2)3)29(35)31(33,4)28-27(25)24-8-6-7-9-26(24)32-28/h6-17,19,25,32H,5,18H2,1-4H3. The van der Waals surface area contributed by atoms with Crippen molar-refractivity contribution in [1.82, 2.24) is 9.88 Å². The molecule has 1 N–H and O–H groups in total. The normalized spacial score (nSPS) is 21.4.